The predicted molar refractivity (Wildman–Crippen MR) is 75.1 cm³/mol. The summed E-state index contributed by atoms with van der Waals surface area (Å²) in [5.74, 6) is -0.902. The van der Waals surface area contributed by atoms with E-state index in [-0.39, 0.29) is 23.5 Å². The van der Waals surface area contributed by atoms with Crippen LogP contribution in [0.1, 0.15) is 15.9 Å². The van der Waals surface area contributed by atoms with E-state index in [1.807, 2.05) is 0 Å². The first-order valence-corrected chi connectivity index (χ1v) is 6.04. The van der Waals surface area contributed by atoms with Crippen LogP contribution in [0.2, 0.25) is 0 Å². The van der Waals surface area contributed by atoms with Crippen molar-refractivity contribution in [2.45, 2.75) is 6.54 Å². The molecular formula is C14H12FN3O3. The lowest BCUT2D eigenvalue weighted by molar-refractivity contribution is -0.383. The van der Waals surface area contributed by atoms with Crippen LogP contribution in [0.5, 0.6) is 0 Å². The Labute approximate surface area is 119 Å². The van der Waals surface area contributed by atoms with E-state index in [1.165, 1.54) is 18.2 Å². The second-order valence-corrected chi connectivity index (χ2v) is 4.30. The van der Waals surface area contributed by atoms with E-state index >= 15 is 0 Å². The summed E-state index contributed by atoms with van der Waals surface area (Å²) in [5.41, 5.74) is 5.67. The maximum atomic E-state index is 13.4. The number of carbonyl (C=O) groups excluding carboxylic acids is 1. The average Bonchev–Trinajstić information content (AvgIpc) is 2.45. The van der Waals surface area contributed by atoms with Crippen molar-refractivity contribution in [2.75, 3.05) is 5.73 Å². The van der Waals surface area contributed by atoms with Gasteiger partial charge < -0.3 is 11.1 Å². The monoisotopic (exact) mass is 289 g/mol. The van der Waals surface area contributed by atoms with Crippen LogP contribution in [0.15, 0.2) is 42.5 Å². The van der Waals surface area contributed by atoms with Gasteiger partial charge in [-0.1, -0.05) is 18.2 Å². The summed E-state index contributed by atoms with van der Waals surface area (Å²) in [6.07, 6.45) is 0. The number of rotatable bonds is 4. The molecule has 2 rings (SSSR count). The van der Waals surface area contributed by atoms with Crippen molar-refractivity contribution in [3.05, 3.63) is 69.5 Å². The minimum atomic E-state index is -0.629. The van der Waals surface area contributed by atoms with Crippen LogP contribution in [0.25, 0.3) is 0 Å². The Hall–Kier alpha value is -2.96. The van der Waals surface area contributed by atoms with Gasteiger partial charge in [-0.15, -0.1) is 0 Å². The summed E-state index contributed by atoms with van der Waals surface area (Å²) < 4.78 is 13.4. The van der Waals surface area contributed by atoms with Crippen molar-refractivity contribution in [2.24, 2.45) is 0 Å². The van der Waals surface area contributed by atoms with Crippen LogP contribution >= 0.6 is 0 Å². The molecule has 7 heteroatoms. The van der Waals surface area contributed by atoms with E-state index in [1.54, 1.807) is 18.2 Å². The van der Waals surface area contributed by atoms with Gasteiger partial charge in [0.15, 0.2) is 0 Å². The molecule has 0 bridgehead atoms. The van der Waals surface area contributed by atoms with Crippen molar-refractivity contribution in [3.63, 3.8) is 0 Å². The van der Waals surface area contributed by atoms with Gasteiger partial charge >= 0.3 is 0 Å². The number of hydrogen-bond donors (Lipinski definition) is 2. The molecule has 0 aliphatic carbocycles. The van der Waals surface area contributed by atoms with Crippen LogP contribution in [0, 0.1) is 15.9 Å². The van der Waals surface area contributed by atoms with Gasteiger partial charge in [0.25, 0.3) is 11.6 Å². The maximum absolute atomic E-state index is 13.4. The van der Waals surface area contributed by atoms with E-state index in [0.717, 1.165) is 6.07 Å². The molecule has 21 heavy (non-hydrogen) atoms. The number of nitrogens with two attached hydrogens (primary N) is 1. The molecule has 0 spiro atoms. The van der Waals surface area contributed by atoms with Gasteiger partial charge in [-0.2, -0.15) is 0 Å². The topological polar surface area (TPSA) is 98.3 Å². The van der Waals surface area contributed by atoms with Crippen molar-refractivity contribution in [1.82, 2.24) is 5.32 Å². The number of halogens is 1. The number of nitro groups is 1. The summed E-state index contributed by atoms with van der Waals surface area (Å²) in [5, 5.41) is 13.2. The standard InChI is InChI=1S/C14H12FN3O3/c15-11-4-2-1-3-10(11)8-17-14(19)9-5-6-13(18(20)21)12(16)7-9/h1-7H,8,16H2,(H,17,19). The number of amides is 1. The van der Waals surface area contributed by atoms with Crippen molar-refractivity contribution < 1.29 is 14.1 Å². The zero-order chi connectivity index (χ0) is 15.4. The molecular weight excluding hydrogens is 277 g/mol. The number of nitrogens with zero attached hydrogens (tertiary/aromatic N) is 1. The number of benzene rings is 2. The van der Waals surface area contributed by atoms with Crippen molar-refractivity contribution in [3.8, 4) is 0 Å². The number of anilines is 1. The first-order chi connectivity index (χ1) is 9.99. The molecule has 0 aromatic heterocycles. The quantitative estimate of drug-likeness (QED) is 0.512. The molecule has 0 heterocycles. The third-order valence-corrected chi connectivity index (χ3v) is 2.88. The first kappa shape index (κ1) is 14.4. The second kappa shape index (κ2) is 6.00. The fourth-order valence-corrected chi connectivity index (χ4v) is 1.78. The Balaban J connectivity index is 2.09. The van der Waals surface area contributed by atoms with Gasteiger partial charge in [-0.05, 0) is 18.2 Å². The molecule has 2 aromatic carbocycles. The number of carbonyl (C=O) groups is 1. The van der Waals surface area contributed by atoms with Crippen LogP contribution in [0.3, 0.4) is 0 Å². The average molecular weight is 289 g/mol. The third-order valence-electron chi connectivity index (χ3n) is 2.88. The zero-order valence-electron chi connectivity index (χ0n) is 10.9. The fourth-order valence-electron chi connectivity index (χ4n) is 1.78. The maximum Gasteiger partial charge on any atom is 0.292 e. The molecule has 3 N–H and O–H groups in total. The van der Waals surface area contributed by atoms with E-state index in [0.29, 0.717) is 5.56 Å². The first-order valence-electron chi connectivity index (χ1n) is 6.04. The van der Waals surface area contributed by atoms with Gasteiger partial charge in [0.05, 0.1) is 4.92 Å². The Bertz CT molecular complexity index is 704. The number of hydrogen-bond acceptors (Lipinski definition) is 4. The zero-order valence-corrected chi connectivity index (χ0v) is 10.9. The normalized spacial score (nSPS) is 10.1. The molecule has 0 atom stereocenters. The number of nitrogens with one attached hydrogen (secondary N) is 1. The second-order valence-electron chi connectivity index (χ2n) is 4.30. The molecule has 2 aromatic rings. The molecule has 0 radical (unpaired) electrons. The summed E-state index contributed by atoms with van der Waals surface area (Å²) >= 11 is 0. The fraction of sp³-hybridized carbons (Fsp3) is 0.0714. The molecule has 0 unspecified atom stereocenters. The lowest BCUT2D eigenvalue weighted by Gasteiger charge is -2.07. The molecule has 0 aliphatic rings. The van der Waals surface area contributed by atoms with Crippen LogP contribution in [-0.2, 0) is 6.54 Å². The lowest BCUT2D eigenvalue weighted by Crippen LogP contribution is -2.23. The molecule has 0 saturated carbocycles. The van der Waals surface area contributed by atoms with E-state index in [9.17, 15) is 19.3 Å². The summed E-state index contributed by atoms with van der Waals surface area (Å²) in [6.45, 7) is 0.0163. The minimum absolute atomic E-state index is 0.0163. The van der Waals surface area contributed by atoms with Gasteiger partial charge in [0.1, 0.15) is 11.5 Å². The third kappa shape index (κ3) is 3.33. The minimum Gasteiger partial charge on any atom is -0.393 e. The highest BCUT2D eigenvalue weighted by atomic mass is 19.1. The molecule has 0 aliphatic heterocycles. The van der Waals surface area contributed by atoms with Crippen molar-refractivity contribution >= 4 is 17.3 Å². The predicted octanol–water partition coefficient (Wildman–Crippen LogP) is 2.25. The number of nitrogen functional groups attached to an aromatic ring is 1. The highest BCUT2D eigenvalue weighted by molar-refractivity contribution is 5.95. The summed E-state index contributed by atoms with van der Waals surface area (Å²) in [4.78, 5) is 21.9. The molecule has 6 nitrogen and oxygen atoms in total. The SMILES string of the molecule is Nc1cc(C(=O)NCc2ccccc2F)ccc1[N+](=O)[O-]. The van der Waals surface area contributed by atoms with Crippen LogP contribution in [-0.4, -0.2) is 10.8 Å². The Kier molecular flexibility index (Phi) is 4.13. The van der Waals surface area contributed by atoms with Gasteiger partial charge in [0.2, 0.25) is 0 Å². The Morgan fingerprint density at radius 2 is 2.00 bits per heavy atom. The van der Waals surface area contributed by atoms with Gasteiger partial charge in [0, 0.05) is 23.7 Å². The smallest absolute Gasteiger partial charge is 0.292 e. The molecule has 108 valence electrons. The van der Waals surface area contributed by atoms with E-state index < -0.39 is 16.6 Å². The largest absolute Gasteiger partial charge is 0.393 e. The summed E-state index contributed by atoms with van der Waals surface area (Å²) in [7, 11) is 0. The van der Waals surface area contributed by atoms with E-state index in [4.69, 9.17) is 5.73 Å². The lowest BCUT2D eigenvalue weighted by atomic mass is 10.1. The van der Waals surface area contributed by atoms with Crippen LogP contribution in [0.4, 0.5) is 15.8 Å². The van der Waals surface area contributed by atoms with Crippen molar-refractivity contribution in [1.29, 1.82) is 0 Å². The molecule has 1 amide bonds. The summed E-state index contributed by atoms with van der Waals surface area (Å²) in [6, 6.07) is 9.74. The highest BCUT2D eigenvalue weighted by Crippen LogP contribution is 2.22. The molecule has 0 fully saturated rings. The van der Waals surface area contributed by atoms with Gasteiger partial charge in [-0.25, -0.2) is 4.39 Å². The Morgan fingerprint density at radius 3 is 2.62 bits per heavy atom. The highest BCUT2D eigenvalue weighted by Gasteiger charge is 2.14. The Morgan fingerprint density at radius 1 is 1.29 bits per heavy atom. The molecule has 0 saturated heterocycles. The van der Waals surface area contributed by atoms with Crippen LogP contribution < -0.4 is 11.1 Å². The van der Waals surface area contributed by atoms with E-state index in [2.05, 4.69) is 5.32 Å². The number of nitro benzene ring substituents is 1. The van der Waals surface area contributed by atoms with Gasteiger partial charge in [-0.3, -0.25) is 14.9 Å².